The number of carbonyl (C=O) groups is 1. The second kappa shape index (κ2) is 8.45. The van der Waals surface area contributed by atoms with Gasteiger partial charge < -0.3 is 19.5 Å². The van der Waals surface area contributed by atoms with Crippen molar-refractivity contribution in [3.05, 3.63) is 47.5 Å². The van der Waals surface area contributed by atoms with Crippen molar-refractivity contribution in [2.45, 2.75) is 19.4 Å². The van der Waals surface area contributed by atoms with Gasteiger partial charge in [-0.05, 0) is 36.8 Å². The molecule has 0 aliphatic heterocycles. The van der Waals surface area contributed by atoms with E-state index in [-0.39, 0.29) is 5.91 Å². The van der Waals surface area contributed by atoms with Crippen molar-refractivity contribution in [3.8, 4) is 17.2 Å². The van der Waals surface area contributed by atoms with Crippen molar-refractivity contribution < 1.29 is 19.0 Å². The van der Waals surface area contributed by atoms with Gasteiger partial charge in [-0.1, -0.05) is 24.6 Å². The number of hydrogen-bond donors (Lipinski definition) is 1. The van der Waals surface area contributed by atoms with Crippen molar-refractivity contribution in [3.63, 3.8) is 0 Å². The van der Waals surface area contributed by atoms with Crippen LogP contribution in [0.3, 0.4) is 0 Å². The highest BCUT2D eigenvalue weighted by molar-refractivity contribution is 6.30. The predicted molar refractivity (Wildman–Crippen MR) is 94.3 cm³/mol. The van der Waals surface area contributed by atoms with E-state index < -0.39 is 6.10 Å². The van der Waals surface area contributed by atoms with Crippen molar-refractivity contribution in [1.82, 2.24) is 0 Å². The Balaban J connectivity index is 2.09. The van der Waals surface area contributed by atoms with E-state index in [0.717, 1.165) is 0 Å². The monoisotopic (exact) mass is 349 g/mol. The largest absolute Gasteiger partial charge is 0.493 e. The summed E-state index contributed by atoms with van der Waals surface area (Å²) in [6, 6.07) is 12.1. The fourth-order valence-electron chi connectivity index (χ4n) is 2.16. The molecular formula is C18H20ClNO4. The second-order valence-corrected chi connectivity index (χ2v) is 5.47. The molecule has 6 heteroatoms. The molecule has 0 saturated carbocycles. The van der Waals surface area contributed by atoms with Crippen LogP contribution in [0.15, 0.2) is 42.5 Å². The van der Waals surface area contributed by atoms with Gasteiger partial charge in [-0.25, -0.2) is 0 Å². The van der Waals surface area contributed by atoms with Crippen LogP contribution in [0.25, 0.3) is 0 Å². The zero-order chi connectivity index (χ0) is 17.5. The molecule has 0 heterocycles. The quantitative estimate of drug-likeness (QED) is 0.815. The molecule has 1 amide bonds. The van der Waals surface area contributed by atoms with E-state index in [2.05, 4.69) is 5.32 Å². The minimum atomic E-state index is -0.628. The van der Waals surface area contributed by atoms with Crippen molar-refractivity contribution >= 4 is 23.2 Å². The maximum absolute atomic E-state index is 12.4. The Hall–Kier alpha value is -2.40. The molecule has 1 N–H and O–H groups in total. The third-order valence-corrected chi connectivity index (χ3v) is 3.62. The summed E-state index contributed by atoms with van der Waals surface area (Å²) in [5.74, 6) is 1.44. The number of benzene rings is 2. The molecule has 5 nitrogen and oxygen atoms in total. The van der Waals surface area contributed by atoms with Crippen molar-refractivity contribution in [1.29, 1.82) is 0 Å². The van der Waals surface area contributed by atoms with Gasteiger partial charge in [0.2, 0.25) is 0 Å². The minimum absolute atomic E-state index is 0.246. The van der Waals surface area contributed by atoms with Crippen LogP contribution in [0.2, 0.25) is 5.02 Å². The minimum Gasteiger partial charge on any atom is -0.493 e. The van der Waals surface area contributed by atoms with E-state index >= 15 is 0 Å². The SMILES string of the molecule is CCC(Oc1cccc(Cl)c1)C(=O)Nc1ccc(OC)c(OC)c1. The van der Waals surface area contributed by atoms with Crippen LogP contribution in [0.1, 0.15) is 13.3 Å². The molecule has 0 fully saturated rings. The lowest BCUT2D eigenvalue weighted by Crippen LogP contribution is -2.32. The Kier molecular flexibility index (Phi) is 6.32. The number of amides is 1. The molecule has 128 valence electrons. The third-order valence-electron chi connectivity index (χ3n) is 3.39. The number of ether oxygens (including phenoxy) is 3. The number of anilines is 1. The smallest absolute Gasteiger partial charge is 0.265 e. The summed E-state index contributed by atoms with van der Waals surface area (Å²) in [4.78, 5) is 12.4. The highest BCUT2D eigenvalue weighted by Crippen LogP contribution is 2.30. The molecule has 0 saturated heterocycles. The van der Waals surface area contributed by atoms with E-state index in [1.165, 1.54) is 0 Å². The van der Waals surface area contributed by atoms with Crippen LogP contribution in [-0.2, 0) is 4.79 Å². The fraction of sp³-hybridized carbons (Fsp3) is 0.278. The number of hydrogen-bond acceptors (Lipinski definition) is 4. The first-order chi connectivity index (χ1) is 11.6. The number of rotatable bonds is 7. The molecule has 0 aromatic heterocycles. The van der Waals surface area contributed by atoms with Crippen LogP contribution in [-0.4, -0.2) is 26.2 Å². The Morgan fingerprint density at radius 3 is 2.50 bits per heavy atom. The van der Waals surface area contributed by atoms with Crippen LogP contribution in [0, 0.1) is 0 Å². The summed E-state index contributed by atoms with van der Waals surface area (Å²) in [5.41, 5.74) is 0.603. The van der Waals surface area contributed by atoms with Gasteiger partial charge in [0.15, 0.2) is 17.6 Å². The van der Waals surface area contributed by atoms with Crippen LogP contribution >= 0.6 is 11.6 Å². The molecule has 0 aliphatic rings. The fourth-order valence-corrected chi connectivity index (χ4v) is 2.34. The first-order valence-corrected chi connectivity index (χ1v) is 7.90. The van der Waals surface area contributed by atoms with Gasteiger partial charge in [-0.15, -0.1) is 0 Å². The molecule has 2 rings (SSSR count). The van der Waals surface area contributed by atoms with Crippen LogP contribution < -0.4 is 19.5 Å². The van der Waals surface area contributed by atoms with Gasteiger partial charge in [-0.3, -0.25) is 4.79 Å². The lowest BCUT2D eigenvalue weighted by Gasteiger charge is -2.18. The second-order valence-electron chi connectivity index (χ2n) is 5.03. The van der Waals surface area contributed by atoms with Gasteiger partial charge in [0, 0.05) is 16.8 Å². The molecule has 1 unspecified atom stereocenters. The molecule has 2 aromatic carbocycles. The molecule has 2 aromatic rings. The lowest BCUT2D eigenvalue weighted by atomic mass is 10.2. The molecular weight excluding hydrogens is 330 g/mol. The zero-order valence-corrected chi connectivity index (χ0v) is 14.6. The summed E-state index contributed by atoms with van der Waals surface area (Å²) in [6.45, 7) is 1.88. The molecule has 0 bridgehead atoms. The summed E-state index contributed by atoms with van der Waals surface area (Å²) in [5, 5.41) is 3.38. The summed E-state index contributed by atoms with van der Waals surface area (Å²) in [6.07, 6.45) is -0.109. The number of carbonyl (C=O) groups excluding carboxylic acids is 1. The average Bonchev–Trinajstić information content (AvgIpc) is 2.59. The summed E-state index contributed by atoms with van der Waals surface area (Å²) >= 11 is 5.94. The van der Waals surface area contributed by atoms with E-state index in [0.29, 0.717) is 34.4 Å². The van der Waals surface area contributed by atoms with E-state index in [9.17, 15) is 4.79 Å². The molecule has 0 spiro atoms. The predicted octanol–water partition coefficient (Wildman–Crippen LogP) is 4.15. The number of nitrogens with one attached hydrogen (secondary N) is 1. The van der Waals surface area contributed by atoms with E-state index in [4.69, 9.17) is 25.8 Å². The lowest BCUT2D eigenvalue weighted by molar-refractivity contribution is -0.122. The van der Waals surface area contributed by atoms with Gasteiger partial charge in [0.1, 0.15) is 5.75 Å². The van der Waals surface area contributed by atoms with Gasteiger partial charge in [-0.2, -0.15) is 0 Å². The summed E-state index contributed by atoms with van der Waals surface area (Å²) < 4.78 is 16.1. The van der Waals surface area contributed by atoms with Gasteiger partial charge in [0.25, 0.3) is 5.91 Å². The van der Waals surface area contributed by atoms with Crippen molar-refractivity contribution in [2.75, 3.05) is 19.5 Å². The van der Waals surface area contributed by atoms with Gasteiger partial charge >= 0.3 is 0 Å². The number of halogens is 1. The third kappa shape index (κ3) is 4.55. The maximum atomic E-state index is 12.4. The Bertz CT molecular complexity index is 705. The standard InChI is InChI=1S/C18H20ClNO4/c1-4-15(24-14-7-5-6-12(19)10-14)18(21)20-13-8-9-16(22-2)17(11-13)23-3/h5-11,15H,4H2,1-3H3,(H,20,21). The normalized spacial score (nSPS) is 11.5. The topological polar surface area (TPSA) is 56.8 Å². The van der Waals surface area contributed by atoms with Crippen LogP contribution in [0.5, 0.6) is 17.2 Å². The zero-order valence-electron chi connectivity index (χ0n) is 13.8. The highest BCUT2D eigenvalue weighted by atomic mass is 35.5. The van der Waals surface area contributed by atoms with Crippen molar-refractivity contribution in [2.24, 2.45) is 0 Å². The molecule has 1 atom stereocenters. The first kappa shape index (κ1) is 17.9. The van der Waals surface area contributed by atoms with Gasteiger partial charge in [0.05, 0.1) is 14.2 Å². The molecule has 0 aliphatic carbocycles. The summed E-state index contributed by atoms with van der Waals surface area (Å²) in [7, 11) is 3.10. The maximum Gasteiger partial charge on any atom is 0.265 e. The Labute approximate surface area is 146 Å². The number of methoxy groups -OCH3 is 2. The molecule has 0 radical (unpaired) electrons. The first-order valence-electron chi connectivity index (χ1n) is 7.52. The van der Waals surface area contributed by atoms with Crippen LogP contribution in [0.4, 0.5) is 5.69 Å². The highest BCUT2D eigenvalue weighted by Gasteiger charge is 2.19. The molecule has 24 heavy (non-hydrogen) atoms. The Morgan fingerprint density at radius 1 is 1.12 bits per heavy atom. The van der Waals surface area contributed by atoms with E-state index in [1.807, 2.05) is 6.92 Å². The Morgan fingerprint density at radius 2 is 1.88 bits per heavy atom. The average molecular weight is 350 g/mol. The van der Waals surface area contributed by atoms with E-state index in [1.54, 1.807) is 56.7 Å².